The van der Waals surface area contributed by atoms with Crippen molar-refractivity contribution in [2.24, 2.45) is 0 Å². The van der Waals surface area contributed by atoms with Crippen LogP contribution in [-0.4, -0.2) is 37.7 Å². The van der Waals surface area contributed by atoms with Crippen molar-refractivity contribution >= 4 is 0 Å². The maximum absolute atomic E-state index is 13.1. The molecule has 1 saturated heterocycles. The van der Waals surface area contributed by atoms with Crippen molar-refractivity contribution in [3.8, 4) is 0 Å². The van der Waals surface area contributed by atoms with E-state index in [1.54, 1.807) is 12.1 Å². The highest BCUT2D eigenvalue weighted by molar-refractivity contribution is 5.28. The predicted octanol–water partition coefficient (Wildman–Crippen LogP) is 2.26. The van der Waals surface area contributed by atoms with Gasteiger partial charge in [-0.1, -0.05) is 13.0 Å². The molecule has 1 aromatic rings. The van der Waals surface area contributed by atoms with Crippen LogP contribution >= 0.6 is 0 Å². The summed E-state index contributed by atoms with van der Waals surface area (Å²) in [6, 6.07) is 5.15. The SMILES string of the molecule is CCc1cc(F)ccc1CCN1CCOCC1. The van der Waals surface area contributed by atoms with Gasteiger partial charge in [0.2, 0.25) is 0 Å². The van der Waals surface area contributed by atoms with Crippen LogP contribution in [0.5, 0.6) is 0 Å². The van der Waals surface area contributed by atoms with E-state index in [-0.39, 0.29) is 5.82 Å². The quantitative estimate of drug-likeness (QED) is 0.796. The van der Waals surface area contributed by atoms with E-state index in [1.807, 2.05) is 6.07 Å². The molecule has 2 rings (SSSR count). The molecular weight excluding hydrogens is 217 g/mol. The average molecular weight is 237 g/mol. The Hall–Kier alpha value is -0.930. The summed E-state index contributed by atoms with van der Waals surface area (Å²) in [7, 11) is 0. The van der Waals surface area contributed by atoms with E-state index in [4.69, 9.17) is 4.74 Å². The number of nitrogens with zero attached hydrogens (tertiary/aromatic N) is 1. The monoisotopic (exact) mass is 237 g/mol. The summed E-state index contributed by atoms with van der Waals surface area (Å²) in [5.41, 5.74) is 2.42. The topological polar surface area (TPSA) is 12.5 Å². The molecular formula is C14H20FNO. The summed E-state index contributed by atoms with van der Waals surface area (Å²) in [6.45, 7) is 6.83. The maximum atomic E-state index is 13.1. The number of benzene rings is 1. The number of rotatable bonds is 4. The Morgan fingerprint density at radius 2 is 2.00 bits per heavy atom. The van der Waals surface area contributed by atoms with Crippen LogP contribution in [0.2, 0.25) is 0 Å². The minimum atomic E-state index is -0.128. The van der Waals surface area contributed by atoms with Gasteiger partial charge in [0, 0.05) is 19.6 Å². The van der Waals surface area contributed by atoms with Crippen molar-refractivity contribution in [1.82, 2.24) is 4.90 Å². The average Bonchev–Trinajstić information content (AvgIpc) is 2.38. The normalized spacial score (nSPS) is 17.3. The summed E-state index contributed by atoms with van der Waals surface area (Å²) in [6.07, 6.45) is 1.90. The first-order valence-electron chi connectivity index (χ1n) is 6.37. The summed E-state index contributed by atoms with van der Waals surface area (Å²) >= 11 is 0. The van der Waals surface area contributed by atoms with Crippen LogP contribution in [0.4, 0.5) is 4.39 Å². The van der Waals surface area contributed by atoms with Gasteiger partial charge in [-0.2, -0.15) is 0 Å². The highest BCUT2D eigenvalue weighted by Gasteiger charge is 2.11. The zero-order chi connectivity index (χ0) is 12.1. The second-order valence-corrected chi connectivity index (χ2v) is 4.47. The molecule has 0 atom stereocenters. The lowest BCUT2D eigenvalue weighted by atomic mass is 10.0. The van der Waals surface area contributed by atoms with E-state index in [0.717, 1.165) is 51.3 Å². The summed E-state index contributed by atoms with van der Waals surface area (Å²) in [5.74, 6) is -0.128. The van der Waals surface area contributed by atoms with E-state index in [0.29, 0.717) is 0 Å². The first-order chi connectivity index (χ1) is 8.29. The highest BCUT2D eigenvalue weighted by atomic mass is 19.1. The Labute approximate surface area is 102 Å². The molecule has 0 unspecified atom stereocenters. The van der Waals surface area contributed by atoms with Gasteiger partial charge < -0.3 is 4.74 Å². The molecule has 1 fully saturated rings. The lowest BCUT2D eigenvalue weighted by Crippen LogP contribution is -2.37. The van der Waals surface area contributed by atoms with Crippen molar-refractivity contribution < 1.29 is 9.13 Å². The lowest BCUT2D eigenvalue weighted by molar-refractivity contribution is 0.0384. The Morgan fingerprint density at radius 1 is 1.24 bits per heavy atom. The van der Waals surface area contributed by atoms with Gasteiger partial charge in [0.15, 0.2) is 0 Å². The fourth-order valence-corrected chi connectivity index (χ4v) is 2.27. The van der Waals surface area contributed by atoms with Crippen molar-refractivity contribution in [2.75, 3.05) is 32.8 Å². The first-order valence-corrected chi connectivity index (χ1v) is 6.37. The molecule has 0 N–H and O–H groups in total. The van der Waals surface area contributed by atoms with E-state index in [9.17, 15) is 4.39 Å². The molecule has 2 nitrogen and oxygen atoms in total. The number of ether oxygens (including phenoxy) is 1. The Balaban J connectivity index is 1.93. The van der Waals surface area contributed by atoms with Gasteiger partial charge in [0.1, 0.15) is 5.82 Å². The van der Waals surface area contributed by atoms with Crippen molar-refractivity contribution in [3.63, 3.8) is 0 Å². The van der Waals surface area contributed by atoms with Crippen LogP contribution in [0.3, 0.4) is 0 Å². The zero-order valence-electron chi connectivity index (χ0n) is 10.4. The molecule has 1 aliphatic rings. The number of halogens is 1. The van der Waals surface area contributed by atoms with Crippen LogP contribution in [0.1, 0.15) is 18.1 Å². The Morgan fingerprint density at radius 3 is 2.71 bits per heavy atom. The van der Waals surface area contributed by atoms with Gasteiger partial charge in [-0.05, 0) is 36.1 Å². The summed E-state index contributed by atoms with van der Waals surface area (Å²) < 4.78 is 18.4. The second-order valence-electron chi connectivity index (χ2n) is 4.47. The summed E-state index contributed by atoms with van der Waals surface area (Å²) in [4.78, 5) is 2.41. The smallest absolute Gasteiger partial charge is 0.123 e. The third-order valence-electron chi connectivity index (χ3n) is 3.35. The van der Waals surface area contributed by atoms with Crippen molar-refractivity contribution in [2.45, 2.75) is 19.8 Å². The van der Waals surface area contributed by atoms with Crippen LogP contribution in [0.15, 0.2) is 18.2 Å². The van der Waals surface area contributed by atoms with Gasteiger partial charge in [-0.3, -0.25) is 4.90 Å². The molecule has 0 spiro atoms. The molecule has 3 heteroatoms. The standard InChI is InChI=1S/C14H20FNO/c1-2-12-11-14(15)4-3-13(12)5-6-16-7-9-17-10-8-16/h3-4,11H,2,5-10H2,1H3. The number of aryl methyl sites for hydroxylation is 1. The van der Waals surface area contributed by atoms with Crippen LogP contribution in [-0.2, 0) is 17.6 Å². The number of hydrogen-bond acceptors (Lipinski definition) is 2. The Kier molecular flexibility index (Phi) is 4.51. The Bertz CT molecular complexity index is 361. The van der Waals surface area contributed by atoms with E-state index in [1.165, 1.54) is 5.56 Å². The molecule has 0 radical (unpaired) electrons. The molecule has 0 amide bonds. The molecule has 1 heterocycles. The first kappa shape index (κ1) is 12.5. The minimum Gasteiger partial charge on any atom is -0.379 e. The molecule has 0 aromatic heterocycles. The van der Waals surface area contributed by atoms with Crippen molar-refractivity contribution in [3.05, 3.63) is 35.1 Å². The van der Waals surface area contributed by atoms with Crippen LogP contribution in [0, 0.1) is 5.82 Å². The molecule has 0 aliphatic carbocycles. The number of hydrogen-bond donors (Lipinski definition) is 0. The van der Waals surface area contributed by atoms with Gasteiger partial charge in [-0.25, -0.2) is 4.39 Å². The maximum Gasteiger partial charge on any atom is 0.123 e. The van der Waals surface area contributed by atoms with Gasteiger partial charge in [0.05, 0.1) is 13.2 Å². The molecule has 0 saturated carbocycles. The lowest BCUT2D eigenvalue weighted by Gasteiger charge is -2.26. The van der Waals surface area contributed by atoms with E-state index in [2.05, 4.69) is 11.8 Å². The van der Waals surface area contributed by atoms with Gasteiger partial charge >= 0.3 is 0 Å². The van der Waals surface area contributed by atoms with Crippen LogP contribution < -0.4 is 0 Å². The highest BCUT2D eigenvalue weighted by Crippen LogP contribution is 2.13. The minimum absolute atomic E-state index is 0.128. The second kappa shape index (κ2) is 6.12. The third kappa shape index (κ3) is 3.51. The molecule has 0 bridgehead atoms. The van der Waals surface area contributed by atoms with Gasteiger partial charge in [0.25, 0.3) is 0 Å². The molecule has 17 heavy (non-hydrogen) atoms. The predicted molar refractivity (Wildman–Crippen MR) is 66.7 cm³/mol. The van der Waals surface area contributed by atoms with Crippen LogP contribution in [0.25, 0.3) is 0 Å². The largest absolute Gasteiger partial charge is 0.379 e. The molecule has 94 valence electrons. The van der Waals surface area contributed by atoms with E-state index >= 15 is 0 Å². The fourth-order valence-electron chi connectivity index (χ4n) is 2.27. The number of morpholine rings is 1. The van der Waals surface area contributed by atoms with Crippen molar-refractivity contribution in [1.29, 1.82) is 0 Å². The fraction of sp³-hybridized carbons (Fsp3) is 0.571. The summed E-state index contributed by atoms with van der Waals surface area (Å²) in [5, 5.41) is 0. The molecule has 1 aliphatic heterocycles. The van der Waals surface area contributed by atoms with E-state index < -0.39 is 0 Å². The molecule has 1 aromatic carbocycles. The third-order valence-corrected chi connectivity index (χ3v) is 3.35. The zero-order valence-corrected chi connectivity index (χ0v) is 10.4. The van der Waals surface area contributed by atoms with Gasteiger partial charge in [-0.15, -0.1) is 0 Å².